The number of aromatic nitrogens is 2. The molecule has 2 aromatic rings. The first-order chi connectivity index (χ1) is 12.9. The van der Waals surface area contributed by atoms with Gasteiger partial charge >= 0.3 is 5.97 Å². The first-order valence-corrected chi connectivity index (χ1v) is 9.27. The van der Waals surface area contributed by atoms with Gasteiger partial charge in [-0.05, 0) is 37.7 Å². The molecule has 1 heterocycles. The van der Waals surface area contributed by atoms with Crippen molar-refractivity contribution in [3.63, 3.8) is 0 Å². The predicted octanol–water partition coefficient (Wildman–Crippen LogP) is 2.13. The lowest BCUT2D eigenvalue weighted by Gasteiger charge is -2.33. The summed E-state index contributed by atoms with van der Waals surface area (Å²) in [7, 11) is 3.24. The van der Waals surface area contributed by atoms with Crippen molar-refractivity contribution in [2.75, 3.05) is 13.7 Å². The van der Waals surface area contributed by atoms with Crippen LogP contribution in [0.3, 0.4) is 0 Å². The Hall–Kier alpha value is -2.70. The topological polar surface area (TPSA) is 81.5 Å². The fraction of sp³-hybridized carbons (Fsp3) is 0.500. The first kappa shape index (κ1) is 19.1. The molecule has 7 nitrogen and oxygen atoms in total. The molecule has 0 radical (unpaired) electrons. The normalized spacial score (nSPS) is 19.7. The average molecular weight is 371 g/mol. The summed E-state index contributed by atoms with van der Waals surface area (Å²) in [6.45, 7) is 1.89. The van der Waals surface area contributed by atoms with Crippen LogP contribution in [0.5, 0.6) is 0 Å². The Kier molecular flexibility index (Phi) is 5.58. The van der Waals surface area contributed by atoms with Crippen LogP contribution < -0.4 is 5.56 Å². The standard InChI is InChI=1S/C20H25N3O4/c1-13-8-10-14(11-9-13)22(2)17(24)12-27-20(26)18-15-6-4-5-7-16(15)19(25)23(3)21-18/h4-7,13-14H,8-12H2,1-3H3. The van der Waals surface area contributed by atoms with Crippen molar-refractivity contribution < 1.29 is 14.3 Å². The van der Waals surface area contributed by atoms with Gasteiger partial charge in [0, 0.05) is 25.5 Å². The van der Waals surface area contributed by atoms with Gasteiger partial charge in [0.25, 0.3) is 11.5 Å². The number of benzene rings is 1. The molecular weight excluding hydrogens is 346 g/mol. The number of hydrogen-bond donors (Lipinski definition) is 0. The van der Waals surface area contributed by atoms with Crippen LogP contribution >= 0.6 is 0 Å². The summed E-state index contributed by atoms with van der Waals surface area (Å²) in [5.41, 5.74) is -0.251. The van der Waals surface area contributed by atoms with Gasteiger partial charge in [0.1, 0.15) is 0 Å². The Morgan fingerprint density at radius 3 is 2.48 bits per heavy atom. The van der Waals surface area contributed by atoms with Gasteiger partial charge in [0.05, 0.1) is 5.39 Å². The minimum absolute atomic E-state index is 0.0367. The molecule has 0 spiro atoms. The molecule has 3 rings (SSSR count). The van der Waals surface area contributed by atoms with Crippen molar-refractivity contribution in [2.45, 2.75) is 38.6 Å². The third-order valence-electron chi connectivity index (χ3n) is 5.40. The van der Waals surface area contributed by atoms with Crippen molar-refractivity contribution in [1.82, 2.24) is 14.7 Å². The Bertz CT molecular complexity index is 913. The van der Waals surface area contributed by atoms with Crippen LogP contribution in [-0.4, -0.2) is 46.3 Å². The van der Waals surface area contributed by atoms with Crippen LogP contribution in [0.25, 0.3) is 10.8 Å². The second kappa shape index (κ2) is 7.90. The number of nitrogens with zero attached hydrogens (tertiary/aromatic N) is 3. The minimum atomic E-state index is -0.708. The van der Waals surface area contributed by atoms with E-state index in [1.54, 1.807) is 36.2 Å². The summed E-state index contributed by atoms with van der Waals surface area (Å²) in [4.78, 5) is 38.7. The Morgan fingerprint density at radius 1 is 1.19 bits per heavy atom. The smallest absolute Gasteiger partial charge is 0.359 e. The summed E-state index contributed by atoms with van der Waals surface area (Å²) in [6, 6.07) is 6.94. The SMILES string of the molecule is CC1CCC(N(C)C(=O)COC(=O)c2nn(C)c(=O)c3ccccc23)CC1. The molecule has 0 unspecified atom stereocenters. The second-order valence-electron chi connectivity index (χ2n) is 7.32. The zero-order chi connectivity index (χ0) is 19.6. The maximum atomic E-state index is 12.5. The van der Waals surface area contributed by atoms with Gasteiger partial charge < -0.3 is 9.64 Å². The highest BCUT2D eigenvalue weighted by molar-refractivity contribution is 6.02. The fourth-order valence-corrected chi connectivity index (χ4v) is 3.58. The van der Waals surface area contributed by atoms with E-state index < -0.39 is 5.97 Å². The molecule has 1 fully saturated rings. The first-order valence-electron chi connectivity index (χ1n) is 9.27. The van der Waals surface area contributed by atoms with Crippen molar-refractivity contribution in [3.05, 3.63) is 40.3 Å². The summed E-state index contributed by atoms with van der Waals surface area (Å²) in [5.74, 6) is -0.232. The van der Waals surface area contributed by atoms with Crippen molar-refractivity contribution >= 4 is 22.6 Å². The minimum Gasteiger partial charge on any atom is -0.451 e. The Labute approximate surface area is 157 Å². The molecule has 1 saturated carbocycles. The predicted molar refractivity (Wildman–Crippen MR) is 101 cm³/mol. The highest BCUT2D eigenvalue weighted by Gasteiger charge is 2.26. The van der Waals surface area contributed by atoms with E-state index >= 15 is 0 Å². The average Bonchev–Trinajstić information content (AvgIpc) is 2.68. The van der Waals surface area contributed by atoms with Crippen LogP contribution in [0.1, 0.15) is 43.1 Å². The quantitative estimate of drug-likeness (QED) is 0.769. The number of aryl methyl sites for hydroxylation is 1. The third-order valence-corrected chi connectivity index (χ3v) is 5.40. The fourth-order valence-electron chi connectivity index (χ4n) is 3.58. The lowest BCUT2D eigenvalue weighted by molar-refractivity contribution is -0.136. The Morgan fingerprint density at radius 2 is 1.81 bits per heavy atom. The van der Waals surface area contributed by atoms with Gasteiger partial charge in [0.2, 0.25) is 0 Å². The summed E-state index contributed by atoms with van der Waals surface area (Å²) < 4.78 is 6.33. The number of carbonyl (C=O) groups is 2. The van der Waals surface area contributed by atoms with E-state index in [2.05, 4.69) is 12.0 Å². The van der Waals surface area contributed by atoms with Crippen LogP contribution in [0, 0.1) is 5.92 Å². The molecule has 1 amide bonds. The number of ether oxygens (including phenoxy) is 1. The molecule has 0 aliphatic heterocycles. The molecule has 0 N–H and O–H groups in total. The van der Waals surface area contributed by atoms with Crippen LogP contribution in [0.2, 0.25) is 0 Å². The van der Waals surface area contributed by atoms with Gasteiger partial charge in [-0.1, -0.05) is 25.1 Å². The molecule has 7 heteroatoms. The zero-order valence-corrected chi connectivity index (χ0v) is 16.0. The third kappa shape index (κ3) is 4.02. The van der Waals surface area contributed by atoms with Gasteiger partial charge in [0.15, 0.2) is 12.3 Å². The van der Waals surface area contributed by atoms with E-state index in [1.807, 2.05) is 0 Å². The molecule has 27 heavy (non-hydrogen) atoms. The lowest BCUT2D eigenvalue weighted by atomic mass is 9.87. The molecule has 1 aromatic carbocycles. The van der Waals surface area contributed by atoms with E-state index in [-0.39, 0.29) is 29.8 Å². The largest absolute Gasteiger partial charge is 0.451 e. The van der Waals surface area contributed by atoms with Gasteiger partial charge in [-0.3, -0.25) is 9.59 Å². The summed E-state index contributed by atoms with van der Waals surface area (Å²) in [5, 5.41) is 4.84. The molecule has 0 bridgehead atoms. The van der Waals surface area contributed by atoms with E-state index in [1.165, 1.54) is 7.05 Å². The molecule has 0 atom stereocenters. The highest BCUT2D eigenvalue weighted by atomic mass is 16.5. The lowest BCUT2D eigenvalue weighted by Crippen LogP contribution is -2.41. The van der Waals surface area contributed by atoms with Crippen molar-refractivity contribution in [1.29, 1.82) is 0 Å². The summed E-state index contributed by atoms with van der Waals surface area (Å²) in [6.07, 6.45) is 4.17. The summed E-state index contributed by atoms with van der Waals surface area (Å²) >= 11 is 0. The maximum absolute atomic E-state index is 12.5. The molecule has 1 aromatic heterocycles. The van der Waals surface area contributed by atoms with Crippen molar-refractivity contribution in [3.8, 4) is 0 Å². The van der Waals surface area contributed by atoms with Crippen LogP contribution in [-0.2, 0) is 16.6 Å². The Balaban J connectivity index is 1.69. The van der Waals surface area contributed by atoms with E-state index in [0.717, 1.165) is 30.4 Å². The number of fused-ring (bicyclic) bond motifs is 1. The molecule has 0 saturated heterocycles. The number of esters is 1. The monoisotopic (exact) mass is 371 g/mol. The number of rotatable bonds is 4. The van der Waals surface area contributed by atoms with Gasteiger partial charge in [-0.2, -0.15) is 5.10 Å². The molecule has 1 aliphatic carbocycles. The molecule has 1 aliphatic rings. The van der Waals surface area contributed by atoms with E-state index in [9.17, 15) is 14.4 Å². The van der Waals surface area contributed by atoms with Crippen molar-refractivity contribution in [2.24, 2.45) is 13.0 Å². The molecular formula is C20H25N3O4. The number of carbonyl (C=O) groups excluding carboxylic acids is 2. The molecule has 144 valence electrons. The van der Waals surface area contributed by atoms with Crippen LogP contribution in [0.4, 0.5) is 0 Å². The zero-order valence-electron chi connectivity index (χ0n) is 16.0. The van der Waals surface area contributed by atoms with Gasteiger partial charge in [-0.25, -0.2) is 9.48 Å². The number of amides is 1. The van der Waals surface area contributed by atoms with Gasteiger partial charge in [-0.15, -0.1) is 0 Å². The second-order valence-corrected chi connectivity index (χ2v) is 7.32. The van der Waals surface area contributed by atoms with E-state index in [0.29, 0.717) is 16.7 Å². The van der Waals surface area contributed by atoms with Crippen LogP contribution in [0.15, 0.2) is 29.1 Å². The maximum Gasteiger partial charge on any atom is 0.359 e. The van der Waals surface area contributed by atoms with E-state index in [4.69, 9.17) is 4.74 Å². The number of likely N-dealkylation sites (N-methyl/N-ethyl adjacent to an activating group) is 1. The number of hydrogen-bond acceptors (Lipinski definition) is 5. The highest BCUT2D eigenvalue weighted by Crippen LogP contribution is 2.26.